The molecule has 0 saturated heterocycles. The Kier molecular flexibility index (Phi) is 3.11. The minimum Gasteiger partial charge on any atom is -0.303 e. The first-order valence-corrected chi connectivity index (χ1v) is 7.08. The molecule has 0 saturated carbocycles. The van der Waals surface area contributed by atoms with E-state index in [-0.39, 0.29) is 0 Å². The average molecular weight is 316 g/mol. The first-order valence-electron chi connectivity index (χ1n) is 6.29. The number of nitrogens with zero attached hydrogens (tertiary/aromatic N) is 3. The van der Waals surface area contributed by atoms with Crippen LogP contribution >= 0.6 is 15.9 Å². The topological polar surface area (TPSA) is 30.7 Å². The Morgan fingerprint density at radius 2 is 2.16 bits per heavy atom. The summed E-state index contributed by atoms with van der Waals surface area (Å²) in [7, 11) is 0. The predicted molar refractivity (Wildman–Crippen MR) is 80.7 cm³/mol. The SMILES string of the molecule is CCc1nccn1-c1cc(C)nc2c(Br)cccc12. The molecule has 0 aliphatic heterocycles. The van der Waals surface area contributed by atoms with Gasteiger partial charge in [0.2, 0.25) is 0 Å². The summed E-state index contributed by atoms with van der Waals surface area (Å²) in [5.74, 6) is 1.06. The first kappa shape index (κ1) is 12.4. The molecule has 0 N–H and O–H groups in total. The number of imidazole rings is 1. The van der Waals surface area contributed by atoms with Gasteiger partial charge in [0.15, 0.2) is 0 Å². The van der Waals surface area contributed by atoms with Crippen molar-refractivity contribution in [1.29, 1.82) is 0 Å². The summed E-state index contributed by atoms with van der Waals surface area (Å²) < 4.78 is 3.16. The zero-order chi connectivity index (χ0) is 13.4. The summed E-state index contributed by atoms with van der Waals surface area (Å²) in [4.78, 5) is 9.02. The van der Waals surface area contributed by atoms with Crippen LogP contribution in [0.2, 0.25) is 0 Å². The van der Waals surface area contributed by atoms with Gasteiger partial charge in [-0.15, -0.1) is 0 Å². The molecule has 0 aliphatic carbocycles. The van der Waals surface area contributed by atoms with Crippen LogP contribution in [0.4, 0.5) is 0 Å². The molecule has 0 radical (unpaired) electrons. The number of pyridine rings is 1. The molecule has 3 aromatic rings. The van der Waals surface area contributed by atoms with Gasteiger partial charge in [-0.25, -0.2) is 4.98 Å². The van der Waals surface area contributed by atoms with Gasteiger partial charge in [0.05, 0.1) is 11.2 Å². The maximum absolute atomic E-state index is 4.62. The van der Waals surface area contributed by atoms with E-state index in [0.29, 0.717) is 0 Å². The normalized spacial score (nSPS) is 11.1. The lowest BCUT2D eigenvalue weighted by Gasteiger charge is -2.12. The standard InChI is InChI=1S/C15H14BrN3/c1-3-14-17-7-8-19(14)13-9-10(2)18-15-11(13)5-4-6-12(15)16/h4-9H,3H2,1-2H3. The molecule has 3 rings (SSSR count). The van der Waals surface area contributed by atoms with Gasteiger partial charge in [0.25, 0.3) is 0 Å². The van der Waals surface area contributed by atoms with Crippen molar-refractivity contribution in [2.24, 2.45) is 0 Å². The number of halogens is 1. The molecular formula is C15H14BrN3. The monoisotopic (exact) mass is 315 g/mol. The van der Waals surface area contributed by atoms with Crippen molar-refractivity contribution in [3.8, 4) is 5.69 Å². The van der Waals surface area contributed by atoms with Gasteiger partial charge in [0, 0.05) is 34.4 Å². The maximum Gasteiger partial charge on any atom is 0.112 e. The van der Waals surface area contributed by atoms with E-state index in [1.54, 1.807) is 0 Å². The van der Waals surface area contributed by atoms with Gasteiger partial charge in [-0.2, -0.15) is 0 Å². The molecule has 2 heterocycles. The van der Waals surface area contributed by atoms with E-state index >= 15 is 0 Å². The van der Waals surface area contributed by atoms with E-state index in [0.717, 1.165) is 39.0 Å². The van der Waals surface area contributed by atoms with Crippen LogP contribution < -0.4 is 0 Å². The highest BCUT2D eigenvalue weighted by atomic mass is 79.9. The highest BCUT2D eigenvalue weighted by Gasteiger charge is 2.10. The fraction of sp³-hybridized carbons (Fsp3) is 0.200. The largest absolute Gasteiger partial charge is 0.303 e. The minimum atomic E-state index is 0.907. The van der Waals surface area contributed by atoms with E-state index in [1.165, 1.54) is 0 Å². The third kappa shape index (κ3) is 2.06. The Labute approximate surface area is 120 Å². The molecule has 96 valence electrons. The number of aromatic nitrogens is 3. The molecule has 2 aromatic heterocycles. The van der Waals surface area contributed by atoms with Crippen molar-refractivity contribution in [3.05, 3.63) is 52.7 Å². The van der Waals surface area contributed by atoms with Gasteiger partial charge < -0.3 is 4.57 Å². The number of aryl methyl sites for hydroxylation is 2. The molecule has 0 spiro atoms. The lowest BCUT2D eigenvalue weighted by Crippen LogP contribution is -2.01. The van der Waals surface area contributed by atoms with Crippen molar-refractivity contribution >= 4 is 26.8 Å². The van der Waals surface area contributed by atoms with Crippen molar-refractivity contribution < 1.29 is 0 Å². The number of hydrogen-bond acceptors (Lipinski definition) is 2. The third-order valence-electron chi connectivity index (χ3n) is 3.19. The fourth-order valence-electron chi connectivity index (χ4n) is 2.33. The Morgan fingerprint density at radius 1 is 1.32 bits per heavy atom. The van der Waals surface area contributed by atoms with Crippen LogP contribution in [0.3, 0.4) is 0 Å². The Hall–Kier alpha value is -1.68. The van der Waals surface area contributed by atoms with Crippen LogP contribution in [0, 0.1) is 6.92 Å². The Balaban J connectivity index is 2.38. The molecule has 0 amide bonds. The van der Waals surface area contributed by atoms with Gasteiger partial charge in [-0.1, -0.05) is 19.1 Å². The van der Waals surface area contributed by atoms with Gasteiger partial charge in [-0.3, -0.25) is 4.98 Å². The van der Waals surface area contributed by atoms with Crippen LogP contribution in [0.15, 0.2) is 41.1 Å². The molecule has 0 fully saturated rings. The lowest BCUT2D eigenvalue weighted by molar-refractivity contribution is 0.893. The van der Waals surface area contributed by atoms with Crippen molar-refractivity contribution in [3.63, 3.8) is 0 Å². The second kappa shape index (κ2) is 4.78. The van der Waals surface area contributed by atoms with E-state index in [9.17, 15) is 0 Å². The average Bonchev–Trinajstić information content (AvgIpc) is 2.87. The van der Waals surface area contributed by atoms with E-state index < -0.39 is 0 Å². The van der Waals surface area contributed by atoms with Crippen molar-refractivity contribution in [1.82, 2.24) is 14.5 Å². The summed E-state index contributed by atoms with van der Waals surface area (Å²) >= 11 is 3.58. The number of rotatable bonds is 2. The van der Waals surface area contributed by atoms with Crippen LogP contribution in [0.25, 0.3) is 16.6 Å². The van der Waals surface area contributed by atoms with Crippen LogP contribution in [0.1, 0.15) is 18.4 Å². The Morgan fingerprint density at radius 3 is 2.95 bits per heavy atom. The van der Waals surface area contributed by atoms with Gasteiger partial charge >= 0.3 is 0 Å². The zero-order valence-electron chi connectivity index (χ0n) is 10.9. The lowest BCUT2D eigenvalue weighted by atomic mass is 10.1. The maximum atomic E-state index is 4.62. The van der Waals surface area contributed by atoms with Crippen LogP contribution in [-0.2, 0) is 6.42 Å². The molecule has 0 bridgehead atoms. The van der Waals surface area contributed by atoms with Crippen molar-refractivity contribution in [2.45, 2.75) is 20.3 Å². The first-order chi connectivity index (χ1) is 9.20. The number of benzene rings is 1. The Bertz CT molecular complexity index is 746. The second-order valence-electron chi connectivity index (χ2n) is 4.49. The molecule has 4 heteroatoms. The van der Waals surface area contributed by atoms with Gasteiger partial charge in [-0.05, 0) is 35.0 Å². The smallest absolute Gasteiger partial charge is 0.112 e. The quantitative estimate of drug-likeness (QED) is 0.714. The molecule has 19 heavy (non-hydrogen) atoms. The minimum absolute atomic E-state index is 0.907. The molecule has 3 nitrogen and oxygen atoms in total. The van der Waals surface area contributed by atoms with Crippen molar-refractivity contribution in [2.75, 3.05) is 0 Å². The zero-order valence-corrected chi connectivity index (χ0v) is 12.5. The fourth-order valence-corrected chi connectivity index (χ4v) is 2.79. The molecule has 0 aliphatic rings. The number of fused-ring (bicyclic) bond motifs is 1. The molecule has 1 aromatic carbocycles. The highest BCUT2D eigenvalue weighted by molar-refractivity contribution is 9.10. The molecule has 0 atom stereocenters. The number of hydrogen-bond donors (Lipinski definition) is 0. The summed E-state index contributed by atoms with van der Waals surface area (Å²) in [6.07, 6.45) is 4.76. The van der Waals surface area contributed by atoms with Crippen LogP contribution in [-0.4, -0.2) is 14.5 Å². The summed E-state index contributed by atoms with van der Waals surface area (Å²) in [5.41, 5.74) is 3.14. The number of para-hydroxylation sites is 1. The van der Waals surface area contributed by atoms with E-state index in [1.807, 2.05) is 31.5 Å². The summed E-state index contributed by atoms with van der Waals surface area (Å²) in [6, 6.07) is 8.26. The second-order valence-corrected chi connectivity index (χ2v) is 5.34. The van der Waals surface area contributed by atoms with E-state index in [2.05, 4.69) is 49.5 Å². The summed E-state index contributed by atoms with van der Waals surface area (Å²) in [6.45, 7) is 4.13. The van der Waals surface area contributed by atoms with Crippen LogP contribution in [0.5, 0.6) is 0 Å². The molecular weight excluding hydrogens is 302 g/mol. The third-order valence-corrected chi connectivity index (χ3v) is 3.83. The predicted octanol–water partition coefficient (Wildman–Crippen LogP) is 4.05. The molecule has 0 unspecified atom stereocenters. The van der Waals surface area contributed by atoms with Gasteiger partial charge in [0.1, 0.15) is 5.82 Å². The van der Waals surface area contributed by atoms with E-state index in [4.69, 9.17) is 0 Å². The summed E-state index contributed by atoms with van der Waals surface area (Å²) in [5, 5.41) is 1.13. The highest BCUT2D eigenvalue weighted by Crippen LogP contribution is 2.28.